The van der Waals surface area contributed by atoms with E-state index in [0.717, 1.165) is 22.2 Å². The average Bonchev–Trinajstić information content (AvgIpc) is 2.77. The highest BCUT2D eigenvalue weighted by atomic mass is 19.1. The Balaban J connectivity index is 2.21. The molecule has 3 N–H and O–H groups in total. The zero-order chi connectivity index (χ0) is 13.6. The van der Waals surface area contributed by atoms with Crippen molar-refractivity contribution in [2.45, 2.75) is 6.92 Å². The third-order valence-corrected chi connectivity index (χ3v) is 3.16. The number of fused-ring (bicyclic) bond motifs is 1. The number of nitrogens with two attached hydrogens (primary N) is 1. The standard InChI is InChI=1S/C14H11F2N3/c1-7-10-4-8(2-3-13(10)19-18-7)9-5-11(15)14(17)12(16)6-9/h2-6H,17H2,1H3,(H,18,19). The third kappa shape index (κ3) is 1.83. The van der Waals surface area contributed by atoms with Gasteiger partial charge < -0.3 is 5.73 Å². The Morgan fingerprint density at radius 1 is 1.05 bits per heavy atom. The van der Waals surface area contributed by atoms with Gasteiger partial charge in [0.25, 0.3) is 0 Å². The van der Waals surface area contributed by atoms with Gasteiger partial charge in [-0.1, -0.05) is 6.07 Å². The molecule has 0 spiro atoms. The van der Waals surface area contributed by atoms with Crippen molar-refractivity contribution in [1.82, 2.24) is 10.2 Å². The number of hydrogen-bond acceptors (Lipinski definition) is 2. The molecule has 96 valence electrons. The second-order valence-corrected chi connectivity index (χ2v) is 4.43. The molecule has 0 aliphatic heterocycles. The molecule has 0 aliphatic rings. The number of nitrogen functional groups attached to an aromatic ring is 1. The molecule has 0 unspecified atom stereocenters. The quantitative estimate of drug-likeness (QED) is 0.658. The van der Waals surface area contributed by atoms with Crippen molar-refractivity contribution in [3.63, 3.8) is 0 Å². The van der Waals surface area contributed by atoms with Crippen LogP contribution in [0, 0.1) is 18.6 Å². The number of H-pyrrole nitrogens is 1. The molecular weight excluding hydrogens is 248 g/mol. The molecule has 0 fully saturated rings. The Labute approximate surface area is 108 Å². The number of aromatic amines is 1. The first-order valence-electron chi connectivity index (χ1n) is 5.76. The minimum atomic E-state index is -0.751. The van der Waals surface area contributed by atoms with Gasteiger partial charge in [-0.15, -0.1) is 0 Å². The Morgan fingerprint density at radius 2 is 1.74 bits per heavy atom. The molecule has 0 atom stereocenters. The van der Waals surface area contributed by atoms with Crippen LogP contribution in [0.3, 0.4) is 0 Å². The number of anilines is 1. The van der Waals surface area contributed by atoms with Crippen molar-refractivity contribution >= 4 is 16.6 Å². The first kappa shape index (κ1) is 11.6. The van der Waals surface area contributed by atoms with Gasteiger partial charge in [0.2, 0.25) is 0 Å². The third-order valence-electron chi connectivity index (χ3n) is 3.16. The van der Waals surface area contributed by atoms with E-state index in [1.807, 2.05) is 13.0 Å². The van der Waals surface area contributed by atoms with Crippen LogP contribution in [0.1, 0.15) is 5.69 Å². The fourth-order valence-electron chi connectivity index (χ4n) is 2.07. The number of nitrogens with zero attached hydrogens (tertiary/aromatic N) is 1. The van der Waals surface area contributed by atoms with Crippen molar-refractivity contribution in [3.8, 4) is 11.1 Å². The Bertz CT molecular complexity index is 754. The molecule has 1 aromatic heterocycles. The van der Waals surface area contributed by atoms with Gasteiger partial charge in [0, 0.05) is 11.1 Å². The lowest BCUT2D eigenvalue weighted by molar-refractivity contribution is 0.592. The summed E-state index contributed by atoms with van der Waals surface area (Å²) < 4.78 is 27.0. The van der Waals surface area contributed by atoms with E-state index in [1.54, 1.807) is 12.1 Å². The van der Waals surface area contributed by atoms with Gasteiger partial charge in [-0.05, 0) is 42.3 Å². The highest BCUT2D eigenvalue weighted by Gasteiger charge is 2.10. The van der Waals surface area contributed by atoms with E-state index in [9.17, 15) is 8.78 Å². The lowest BCUT2D eigenvalue weighted by Gasteiger charge is -2.05. The van der Waals surface area contributed by atoms with E-state index in [4.69, 9.17) is 5.73 Å². The van der Waals surface area contributed by atoms with E-state index >= 15 is 0 Å². The van der Waals surface area contributed by atoms with Gasteiger partial charge in [0.15, 0.2) is 0 Å². The lowest BCUT2D eigenvalue weighted by atomic mass is 10.0. The normalized spacial score (nSPS) is 11.1. The number of halogens is 2. The van der Waals surface area contributed by atoms with Gasteiger partial charge in [0.1, 0.15) is 17.3 Å². The summed E-state index contributed by atoms with van der Waals surface area (Å²) in [6.07, 6.45) is 0. The largest absolute Gasteiger partial charge is 0.394 e. The highest BCUT2D eigenvalue weighted by molar-refractivity contribution is 5.86. The van der Waals surface area contributed by atoms with E-state index in [2.05, 4.69) is 10.2 Å². The first-order valence-corrected chi connectivity index (χ1v) is 5.76. The number of rotatable bonds is 1. The monoisotopic (exact) mass is 259 g/mol. The van der Waals surface area contributed by atoms with Crippen molar-refractivity contribution in [2.24, 2.45) is 0 Å². The molecule has 5 heteroatoms. The van der Waals surface area contributed by atoms with Crippen molar-refractivity contribution < 1.29 is 8.78 Å². The maximum absolute atomic E-state index is 13.5. The van der Waals surface area contributed by atoms with Crippen LogP contribution in [-0.2, 0) is 0 Å². The van der Waals surface area contributed by atoms with Crippen LogP contribution in [0.5, 0.6) is 0 Å². The van der Waals surface area contributed by atoms with Gasteiger partial charge in [0.05, 0.1) is 5.52 Å². The summed E-state index contributed by atoms with van der Waals surface area (Å²) in [6, 6.07) is 7.88. The number of aryl methyl sites for hydroxylation is 1. The van der Waals surface area contributed by atoms with Crippen molar-refractivity contribution in [1.29, 1.82) is 0 Å². The maximum atomic E-state index is 13.5. The van der Waals surface area contributed by atoms with Gasteiger partial charge in [-0.25, -0.2) is 8.78 Å². The van der Waals surface area contributed by atoms with E-state index in [-0.39, 0.29) is 0 Å². The average molecular weight is 259 g/mol. The van der Waals surface area contributed by atoms with Gasteiger partial charge in [-0.2, -0.15) is 5.10 Å². The predicted molar refractivity (Wildman–Crippen MR) is 70.6 cm³/mol. The van der Waals surface area contributed by atoms with Crippen LogP contribution in [0.15, 0.2) is 30.3 Å². The predicted octanol–water partition coefficient (Wildman–Crippen LogP) is 3.40. The van der Waals surface area contributed by atoms with Crippen LogP contribution in [0.4, 0.5) is 14.5 Å². The number of benzene rings is 2. The minimum absolute atomic E-state index is 0.451. The highest BCUT2D eigenvalue weighted by Crippen LogP contribution is 2.28. The summed E-state index contributed by atoms with van der Waals surface area (Å²) >= 11 is 0. The molecule has 0 amide bonds. The Kier molecular flexibility index (Phi) is 2.48. The smallest absolute Gasteiger partial charge is 0.149 e. The van der Waals surface area contributed by atoms with Crippen LogP contribution in [0.25, 0.3) is 22.0 Å². The van der Waals surface area contributed by atoms with Crippen LogP contribution < -0.4 is 5.73 Å². The van der Waals surface area contributed by atoms with E-state index in [1.165, 1.54) is 12.1 Å². The molecule has 0 bridgehead atoms. The van der Waals surface area contributed by atoms with E-state index < -0.39 is 17.3 Å². The summed E-state index contributed by atoms with van der Waals surface area (Å²) in [5, 5.41) is 7.90. The molecule has 2 aromatic carbocycles. The number of hydrogen-bond donors (Lipinski definition) is 2. The molecule has 0 saturated heterocycles. The SMILES string of the molecule is Cc1[nH]nc2ccc(-c3cc(F)c(N)c(F)c3)cc12. The maximum Gasteiger partial charge on any atom is 0.149 e. The van der Waals surface area contributed by atoms with E-state index in [0.29, 0.717) is 5.56 Å². The first-order chi connectivity index (χ1) is 9.06. The molecule has 0 radical (unpaired) electrons. The van der Waals surface area contributed by atoms with Gasteiger partial charge >= 0.3 is 0 Å². The van der Waals surface area contributed by atoms with Crippen LogP contribution >= 0.6 is 0 Å². The van der Waals surface area contributed by atoms with Crippen LogP contribution in [-0.4, -0.2) is 10.2 Å². The summed E-state index contributed by atoms with van der Waals surface area (Å²) in [7, 11) is 0. The van der Waals surface area contributed by atoms with Crippen LogP contribution in [0.2, 0.25) is 0 Å². The summed E-state index contributed by atoms with van der Waals surface area (Å²) in [4.78, 5) is 0. The summed E-state index contributed by atoms with van der Waals surface area (Å²) in [6.45, 7) is 1.89. The molecule has 0 saturated carbocycles. The minimum Gasteiger partial charge on any atom is -0.394 e. The zero-order valence-corrected chi connectivity index (χ0v) is 10.2. The van der Waals surface area contributed by atoms with Crippen molar-refractivity contribution in [2.75, 3.05) is 5.73 Å². The molecule has 1 heterocycles. The second kappa shape index (κ2) is 4.05. The fraction of sp³-hybridized carbons (Fsp3) is 0.0714. The lowest BCUT2D eigenvalue weighted by Crippen LogP contribution is -1.96. The molecule has 3 aromatic rings. The molecule has 0 aliphatic carbocycles. The molecular formula is C14H11F2N3. The molecule has 3 nitrogen and oxygen atoms in total. The van der Waals surface area contributed by atoms with Crippen molar-refractivity contribution in [3.05, 3.63) is 47.7 Å². The zero-order valence-electron chi connectivity index (χ0n) is 10.2. The molecule has 3 rings (SSSR count). The molecule has 19 heavy (non-hydrogen) atoms. The summed E-state index contributed by atoms with van der Waals surface area (Å²) in [5.41, 5.74) is 7.70. The number of nitrogens with one attached hydrogen (secondary N) is 1. The Hall–Kier alpha value is -2.43. The van der Waals surface area contributed by atoms with Gasteiger partial charge in [-0.3, -0.25) is 5.10 Å². The number of aromatic nitrogens is 2. The fourth-order valence-corrected chi connectivity index (χ4v) is 2.07. The second-order valence-electron chi connectivity index (χ2n) is 4.43. The summed E-state index contributed by atoms with van der Waals surface area (Å²) in [5.74, 6) is -1.50. The topological polar surface area (TPSA) is 54.7 Å². The Morgan fingerprint density at radius 3 is 2.42 bits per heavy atom.